The smallest absolute Gasteiger partial charge is 0.0548 e. The van der Waals surface area contributed by atoms with Gasteiger partial charge in [0.25, 0.3) is 0 Å². The van der Waals surface area contributed by atoms with Gasteiger partial charge in [-0.3, -0.25) is 4.99 Å². The second kappa shape index (κ2) is 4.02. The lowest BCUT2D eigenvalue weighted by Gasteiger charge is -2.18. The summed E-state index contributed by atoms with van der Waals surface area (Å²) in [6.07, 6.45) is 5.97. The molecular formula is C14H18N2. The molecule has 1 aliphatic carbocycles. The molecule has 1 heterocycles. The molecule has 0 bridgehead atoms. The monoisotopic (exact) mass is 214 g/mol. The number of nitrogens with one attached hydrogen (secondary N) is 1. The molecule has 16 heavy (non-hydrogen) atoms. The summed E-state index contributed by atoms with van der Waals surface area (Å²) in [5.41, 5.74) is 1.87. The van der Waals surface area contributed by atoms with E-state index in [9.17, 15) is 0 Å². The minimum Gasteiger partial charge on any atom is -0.311 e. The topological polar surface area (TPSA) is 24.4 Å². The molecule has 0 unspecified atom stereocenters. The molecule has 3 rings (SSSR count). The average Bonchev–Trinajstić information content (AvgIpc) is 2.98. The van der Waals surface area contributed by atoms with Crippen LogP contribution < -0.4 is 5.32 Å². The molecule has 1 aromatic carbocycles. The first kappa shape index (κ1) is 10.0. The number of hydrogen-bond acceptors (Lipinski definition) is 2. The number of hydrogen-bond donors (Lipinski definition) is 1. The van der Waals surface area contributed by atoms with Gasteiger partial charge in [-0.2, -0.15) is 0 Å². The normalized spacial score (nSPS) is 25.1. The highest BCUT2D eigenvalue weighted by Crippen LogP contribution is 2.49. The number of nitrogens with zero attached hydrogens (tertiary/aromatic N) is 1. The van der Waals surface area contributed by atoms with Crippen molar-refractivity contribution in [3.8, 4) is 0 Å². The molecule has 0 radical (unpaired) electrons. The molecule has 84 valence electrons. The van der Waals surface area contributed by atoms with Crippen LogP contribution in [0.5, 0.6) is 0 Å². The maximum atomic E-state index is 4.42. The molecule has 0 aromatic heterocycles. The molecule has 2 heteroatoms. The molecule has 1 aliphatic heterocycles. The molecule has 0 saturated heterocycles. The molecule has 1 atom stereocenters. The first-order valence-electron chi connectivity index (χ1n) is 6.17. The van der Waals surface area contributed by atoms with Crippen LogP contribution in [0.4, 0.5) is 0 Å². The zero-order chi connectivity index (χ0) is 10.8. The number of benzene rings is 1. The van der Waals surface area contributed by atoms with Crippen LogP contribution in [-0.2, 0) is 6.42 Å². The molecule has 1 saturated carbocycles. The zero-order valence-corrected chi connectivity index (χ0v) is 9.52. The van der Waals surface area contributed by atoms with Crippen LogP contribution in [0.1, 0.15) is 18.4 Å². The molecule has 1 aromatic rings. The highest BCUT2D eigenvalue weighted by atomic mass is 15.0. The second-order valence-electron chi connectivity index (χ2n) is 4.97. The summed E-state index contributed by atoms with van der Waals surface area (Å²) < 4.78 is 0. The van der Waals surface area contributed by atoms with Crippen LogP contribution >= 0.6 is 0 Å². The Labute approximate surface area is 96.8 Å². The third kappa shape index (κ3) is 1.90. The van der Waals surface area contributed by atoms with Crippen molar-refractivity contribution in [2.45, 2.75) is 25.3 Å². The van der Waals surface area contributed by atoms with Crippen LogP contribution in [0.2, 0.25) is 0 Å². The van der Waals surface area contributed by atoms with Gasteiger partial charge in [-0.1, -0.05) is 30.3 Å². The van der Waals surface area contributed by atoms with E-state index in [1.165, 1.54) is 18.4 Å². The van der Waals surface area contributed by atoms with Crippen molar-refractivity contribution in [3.05, 3.63) is 35.9 Å². The largest absolute Gasteiger partial charge is 0.311 e. The van der Waals surface area contributed by atoms with E-state index in [4.69, 9.17) is 0 Å². The minimum atomic E-state index is 0.455. The summed E-state index contributed by atoms with van der Waals surface area (Å²) in [5, 5.41) is 3.66. The highest BCUT2D eigenvalue weighted by molar-refractivity contribution is 5.73. The van der Waals surface area contributed by atoms with Gasteiger partial charge in [0.2, 0.25) is 0 Å². The molecule has 2 nitrogen and oxygen atoms in total. The second-order valence-corrected chi connectivity index (χ2v) is 4.97. The van der Waals surface area contributed by atoms with Crippen molar-refractivity contribution in [3.63, 3.8) is 0 Å². The minimum absolute atomic E-state index is 0.455. The summed E-state index contributed by atoms with van der Waals surface area (Å²) in [6.45, 7) is 2.05. The first-order valence-corrected chi connectivity index (χ1v) is 6.17. The van der Waals surface area contributed by atoms with E-state index in [1.807, 2.05) is 0 Å². The fourth-order valence-electron chi connectivity index (χ4n) is 2.54. The van der Waals surface area contributed by atoms with Gasteiger partial charge in [0.15, 0.2) is 0 Å². The van der Waals surface area contributed by atoms with Crippen LogP contribution in [0, 0.1) is 5.41 Å². The van der Waals surface area contributed by atoms with Gasteiger partial charge in [0, 0.05) is 17.7 Å². The molecule has 1 fully saturated rings. The van der Waals surface area contributed by atoms with Crippen molar-refractivity contribution in [1.29, 1.82) is 0 Å². The van der Waals surface area contributed by atoms with E-state index < -0.39 is 0 Å². The molecule has 1 spiro atoms. The van der Waals surface area contributed by atoms with Crippen LogP contribution in [0.15, 0.2) is 35.3 Å². The van der Waals surface area contributed by atoms with E-state index >= 15 is 0 Å². The Morgan fingerprint density at radius 1 is 1.25 bits per heavy atom. The van der Waals surface area contributed by atoms with Crippen molar-refractivity contribution in [2.24, 2.45) is 10.4 Å². The van der Waals surface area contributed by atoms with E-state index in [0.29, 0.717) is 11.5 Å². The SMILES string of the molecule is C1=NC[C@@H](NCCc2ccccc2)C12CC2. The lowest BCUT2D eigenvalue weighted by atomic mass is 10.0. The summed E-state index contributed by atoms with van der Waals surface area (Å²) in [7, 11) is 0. The van der Waals surface area contributed by atoms with Crippen LogP contribution in [0.25, 0.3) is 0 Å². The van der Waals surface area contributed by atoms with Gasteiger partial charge < -0.3 is 5.32 Å². The molecular weight excluding hydrogens is 196 g/mol. The summed E-state index contributed by atoms with van der Waals surface area (Å²) in [4.78, 5) is 4.42. The van der Waals surface area contributed by atoms with Gasteiger partial charge in [0.05, 0.1) is 6.54 Å². The summed E-state index contributed by atoms with van der Waals surface area (Å²) in [5.74, 6) is 0. The van der Waals surface area contributed by atoms with Gasteiger partial charge in [0.1, 0.15) is 0 Å². The zero-order valence-electron chi connectivity index (χ0n) is 9.52. The maximum Gasteiger partial charge on any atom is 0.0548 e. The van der Waals surface area contributed by atoms with Gasteiger partial charge in [-0.05, 0) is 31.4 Å². The Morgan fingerprint density at radius 2 is 2.06 bits per heavy atom. The van der Waals surface area contributed by atoms with Gasteiger partial charge >= 0.3 is 0 Å². The number of rotatable bonds is 4. The maximum absolute atomic E-state index is 4.42. The average molecular weight is 214 g/mol. The molecule has 2 aliphatic rings. The van der Waals surface area contributed by atoms with E-state index in [-0.39, 0.29) is 0 Å². The molecule has 1 N–H and O–H groups in total. The predicted octanol–water partition coefficient (Wildman–Crippen LogP) is 2.05. The Morgan fingerprint density at radius 3 is 2.81 bits per heavy atom. The fraction of sp³-hybridized carbons (Fsp3) is 0.500. The summed E-state index contributed by atoms with van der Waals surface area (Å²) >= 11 is 0. The first-order chi connectivity index (χ1) is 7.89. The van der Waals surface area contributed by atoms with Crippen molar-refractivity contribution in [2.75, 3.05) is 13.1 Å². The van der Waals surface area contributed by atoms with Crippen molar-refractivity contribution >= 4 is 6.21 Å². The van der Waals surface area contributed by atoms with E-state index in [0.717, 1.165) is 19.5 Å². The Bertz CT molecular complexity index is 379. The third-order valence-electron chi connectivity index (χ3n) is 3.80. The summed E-state index contributed by atoms with van der Waals surface area (Å²) in [6, 6.07) is 11.3. The third-order valence-corrected chi connectivity index (χ3v) is 3.80. The Kier molecular flexibility index (Phi) is 2.52. The van der Waals surface area contributed by atoms with E-state index in [1.54, 1.807) is 0 Å². The molecule has 0 amide bonds. The Hall–Kier alpha value is -1.15. The lowest BCUT2D eigenvalue weighted by molar-refractivity contribution is 0.451. The van der Waals surface area contributed by atoms with Crippen LogP contribution in [-0.4, -0.2) is 25.3 Å². The quantitative estimate of drug-likeness (QED) is 0.815. The van der Waals surface area contributed by atoms with Crippen molar-refractivity contribution in [1.82, 2.24) is 5.32 Å². The van der Waals surface area contributed by atoms with Gasteiger partial charge in [-0.25, -0.2) is 0 Å². The standard InChI is InChI=1S/C14H18N2/c1-2-4-12(5-3-1)6-9-16-13-10-15-11-14(13)7-8-14/h1-5,11,13,16H,6-10H2/t13-/m1/s1. The van der Waals surface area contributed by atoms with E-state index in [2.05, 4.69) is 46.9 Å². The van der Waals surface area contributed by atoms with Crippen molar-refractivity contribution < 1.29 is 0 Å². The van der Waals surface area contributed by atoms with Crippen LogP contribution in [0.3, 0.4) is 0 Å². The predicted molar refractivity (Wildman–Crippen MR) is 67.0 cm³/mol. The van der Waals surface area contributed by atoms with Gasteiger partial charge in [-0.15, -0.1) is 0 Å². The fourth-order valence-corrected chi connectivity index (χ4v) is 2.54. The Balaban J connectivity index is 1.48. The highest BCUT2D eigenvalue weighted by Gasteiger charge is 2.50. The number of aliphatic imine (C=N–C) groups is 1. The lowest BCUT2D eigenvalue weighted by Crippen LogP contribution is -2.38.